The number of rotatable bonds is 2. The van der Waals surface area contributed by atoms with Gasteiger partial charge in [0.25, 0.3) is 0 Å². The summed E-state index contributed by atoms with van der Waals surface area (Å²) in [5.41, 5.74) is 1.35. The van der Waals surface area contributed by atoms with E-state index >= 15 is 0 Å². The Balaban J connectivity index is 2.28. The zero-order valence-electron chi connectivity index (χ0n) is 8.38. The van der Waals surface area contributed by atoms with Gasteiger partial charge in [-0.3, -0.25) is 4.98 Å². The van der Waals surface area contributed by atoms with Gasteiger partial charge in [-0.25, -0.2) is 0 Å². The summed E-state index contributed by atoms with van der Waals surface area (Å²) in [4.78, 5) is 3.88. The first kappa shape index (κ1) is 10.6. The van der Waals surface area contributed by atoms with Crippen LogP contribution in [0, 0.1) is 5.21 Å². The van der Waals surface area contributed by atoms with Crippen molar-refractivity contribution in [1.29, 1.82) is 0 Å². The van der Waals surface area contributed by atoms with Crippen LogP contribution in [0.25, 0.3) is 0 Å². The number of benzene rings is 1. The molecule has 0 radical (unpaired) electrons. The van der Waals surface area contributed by atoms with E-state index in [0.29, 0.717) is 10.7 Å². The van der Waals surface area contributed by atoms with Gasteiger partial charge in [-0.2, -0.15) is 4.74 Å². The number of pyridine rings is 1. The first-order chi connectivity index (χ1) is 7.75. The Hall–Kier alpha value is -1.87. The number of halogens is 1. The second kappa shape index (κ2) is 4.77. The van der Waals surface area contributed by atoms with E-state index in [4.69, 9.17) is 11.6 Å². The van der Waals surface area contributed by atoms with Crippen molar-refractivity contribution in [2.45, 2.75) is 0 Å². The normalized spacial score (nSPS) is 11.4. The molecule has 0 unspecified atom stereocenters. The maximum atomic E-state index is 11.7. The van der Waals surface area contributed by atoms with E-state index < -0.39 is 0 Å². The zero-order chi connectivity index (χ0) is 11.4. The van der Waals surface area contributed by atoms with Crippen LogP contribution in [0.1, 0.15) is 5.56 Å². The van der Waals surface area contributed by atoms with Crippen LogP contribution in [0.2, 0.25) is 5.02 Å². The van der Waals surface area contributed by atoms with Crippen molar-refractivity contribution >= 4 is 23.5 Å². The predicted octanol–water partition coefficient (Wildman–Crippen LogP) is 3.00. The summed E-state index contributed by atoms with van der Waals surface area (Å²) in [7, 11) is 0. The van der Waals surface area contributed by atoms with Crippen molar-refractivity contribution in [2.75, 3.05) is 0 Å². The Kier molecular flexibility index (Phi) is 3.17. The summed E-state index contributed by atoms with van der Waals surface area (Å²) in [5.74, 6) is 0. The molecule has 1 aromatic carbocycles. The van der Waals surface area contributed by atoms with Gasteiger partial charge >= 0.3 is 0 Å². The summed E-state index contributed by atoms with van der Waals surface area (Å²) in [6.07, 6.45) is 4.77. The number of aromatic nitrogens is 1. The van der Waals surface area contributed by atoms with Crippen molar-refractivity contribution in [3.8, 4) is 0 Å². The van der Waals surface area contributed by atoms with Crippen LogP contribution in [-0.2, 0) is 0 Å². The summed E-state index contributed by atoms with van der Waals surface area (Å²) in [6, 6.07) is 10.2. The molecule has 0 atom stereocenters. The van der Waals surface area contributed by atoms with Gasteiger partial charge < -0.3 is 5.21 Å². The van der Waals surface area contributed by atoms with E-state index in [1.54, 1.807) is 48.8 Å². The lowest BCUT2D eigenvalue weighted by Crippen LogP contribution is -1.98. The van der Waals surface area contributed by atoms with Gasteiger partial charge in [-0.15, -0.1) is 0 Å². The van der Waals surface area contributed by atoms with Crippen molar-refractivity contribution in [3.63, 3.8) is 0 Å². The van der Waals surface area contributed by atoms with Gasteiger partial charge in [0.15, 0.2) is 6.21 Å². The van der Waals surface area contributed by atoms with Gasteiger partial charge in [-0.05, 0) is 24.3 Å². The smallest absolute Gasteiger partial charge is 0.216 e. The summed E-state index contributed by atoms with van der Waals surface area (Å²) < 4.78 is 0.797. The van der Waals surface area contributed by atoms with Crippen LogP contribution in [-0.4, -0.2) is 15.9 Å². The van der Waals surface area contributed by atoms with E-state index in [9.17, 15) is 5.21 Å². The quantitative estimate of drug-likeness (QED) is 0.346. The van der Waals surface area contributed by atoms with Gasteiger partial charge in [0.05, 0.1) is 0 Å². The lowest BCUT2D eigenvalue weighted by molar-refractivity contribution is -0.354. The summed E-state index contributed by atoms with van der Waals surface area (Å²) in [6.45, 7) is 0. The summed E-state index contributed by atoms with van der Waals surface area (Å²) in [5, 5.41) is 12.3. The third-order valence-electron chi connectivity index (χ3n) is 2.05. The van der Waals surface area contributed by atoms with Gasteiger partial charge in [0.1, 0.15) is 0 Å². The minimum atomic E-state index is 0.543. The fourth-order valence-corrected chi connectivity index (χ4v) is 1.37. The maximum absolute atomic E-state index is 11.7. The highest BCUT2D eigenvalue weighted by atomic mass is 35.5. The van der Waals surface area contributed by atoms with E-state index in [1.165, 1.54) is 6.21 Å². The Morgan fingerprint density at radius 3 is 2.31 bits per heavy atom. The molecule has 3 nitrogen and oxygen atoms in total. The molecule has 0 aliphatic heterocycles. The lowest BCUT2D eigenvalue weighted by atomic mass is 10.3. The minimum absolute atomic E-state index is 0.543. The third-order valence-corrected chi connectivity index (χ3v) is 2.31. The van der Waals surface area contributed by atoms with Crippen LogP contribution >= 0.6 is 11.6 Å². The Bertz CT molecular complexity index is 494. The standard InChI is InChI=1S/C12H9ClN2O/c13-11-1-3-12(4-2-11)15(16)9-10-5-7-14-8-6-10/h1-9H/b15-9+. The molecule has 0 N–H and O–H groups in total. The van der Waals surface area contributed by atoms with Crippen LogP contribution in [0.4, 0.5) is 5.69 Å². The van der Waals surface area contributed by atoms with Crippen LogP contribution in [0.5, 0.6) is 0 Å². The molecule has 0 fully saturated rings. The zero-order valence-corrected chi connectivity index (χ0v) is 9.13. The molecular formula is C12H9ClN2O. The molecule has 0 saturated heterocycles. The molecule has 2 rings (SSSR count). The second-order valence-corrected chi connectivity index (χ2v) is 3.65. The molecule has 0 aliphatic rings. The predicted molar refractivity (Wildman–Crippen MR) is 64.1 cm³/mol. The van der Waals surface area contributed by atoms with Crippen LogP contribution < -0.4 is 0 Å². The van der Waals surface area contributed by atoms with Crippen molar-refractivity contribution in [3.05, 3.63) is 64.6 Å². The molecule has 1 aromatic heterocycles. The van der Waals surface area contributed by atoms with Gasteiger partial charge in [0.2, 0.25) is 5.69 Å². The first-order valence-corrected chi connectivity index (χ1v) is 5.10. The molecule has 4 heteroatoms. The molecule has 0 spiro atoms. The average Bonchev–Trinajstić information content (AvgIpc) is 2.31. The highest BCUT2D eigenvalue weighted by Gasteiger charge is 2.00. The Labute approximate surface area is 98.2 Å². The molecule has 16 heavy (non-hydrogen) atoms. The van der Waals surface area contributed by atoms with Crippen molar-refractivity contribution < 1.29 is 4.74 Å². The second-order valence-electron chi connectivity index (χ2n) is 3.21. The minimum Gasteiger partial charge on any atom is -0.618 e. The number of nitrogens with zero attached hydrogens (tertiary/aromatic N) is 2. The van der Waals surface area contributed by atoms with Gasteiger partial charge in [0, 0.05) is 35.1 Å². The Morgan fingerprint density at radius 1 is 1.06 bits per heavy atom. The molecule has 80 valence electrons. The fourth-order valence-electron chi connectivity index (χ4n) is 1.25. The molecule has 0 amide bonds. The third kappa shape index (κ3) is 2.58. The van der Waals surface area contributed by atoms with E-state index in [2.05, 4.69) is 4.98 Å². The first-order valence-electron chi connectivity index (χ1n) is 4.72. The van der Waals surface area contributed by atoms with Gasteiger partial charge in [-0.1, -0.05) is 11.6 Å². The molecule has 2 aromatic rings. The molecule has 1 heterocycles. The van der Waals surface area contributed by atoms with Crippen molar-refractivity contribution in [1.82, 2.24) is 4.98 Å². The maximum Gasteiger partial charge on any atom is 0.216 e. The monoisotopic (exact) mass is 232 g/mol. The fraction of sp³-hybridized carbons (Fsp3) is 0. The molecular weight excluding hydrogens is 224 g/mol. The highest BCUT2D eigenvalue weighted by molar-refractivity contribution is 6.30. The van der Waals surface area contributed by atoms with Crippen molar-refractivity contribution in [2.24, 2.45) is 0 Å². The highest BCUT2D eigenvalue weighted by Crippen LogP contribution is 2.15. The van der Waals surface area contributed by atoms with Crippen LogP contribution in [0.3, 0.4) is 0 Å². The molecule has 0 aliphatic carbocycles. The topological polar surface area (TPSA) is 39.0 Å². The summed E-state index contributed by atoms with van der Waals surface area (Å²) >= 11 is 5.74. The average molecular weight is 233 g/mol. The van der Waals surface area contributed by atoms with E-state index in [0.717, 1.165) is 10.3 Å². The molecule has 0 saturated carbocycles. The molecule has 0 bridgehead atoms. The van der Waals surface area contributed by atoms with E-state index in [-0.39, 0.29) is 0 Å². The number of hydrogen-bond donors (Lipinski definition) is 0. The largest absolute Gasteiger partial charge is 0.618 e. The van der Waals surface area contributed by atoms with Crippen LogP contribution in [0.15, 0.2) is 48.8 Å². The Morgan fingerprint density at radius 2 is 1.69 bits per heavy atom. The number of hydrogen-bond acceptors (Lipinski definition) is 2. The SMILES string of the molecule is [O-]/[N+](=C/c1ccncc1)c1ccc(Cl)cc1. The lowest BCUT2D eigenvalue weighted by Gasteiger charge is -2.02. The van der Waals surface area contributed by atoms with E-state index in [1.807, 2.05) is 0 Å².